The maximum Gasteiger partial charge on any atom is 0.261 e. The quantitative estimate of drug-likeness (QED) is 0.462. The average molecular weight is 484 g/mol. The molecule has 7 heteroatoms. The van der Waals surface area contributed by atoms with E-state index in [4.69, 9.17) is 4.98 Å². The van der Waals surface area contributed by atoms with Crippen molar-refractivity contribution in [3.63, 3.8) is 0 Å². The number of nitrogens with zero attached hydrogens (tertiary/aromatic N) is 3. The van der Waals surface area contributed by atoms with Gasteiger partial charge in [0, 0.05) is 34.6 Å². The summed E-state index contributed by atoms with van der Waals surface area (Å²) in [7, 11) is 0. The van der Waals surface area contributed by atoms with Crippen LogP contribution >= 0.6 is 0 Å². The van der Waals surface area contributed by atoms with Crippen LogP contribution in [0.25, 0.3) is 33.3 Å². The van der Waals surface area contributed by atoms with Gasteiger partial charge in [-0.1, -0.05) is 30.3 Å². The number of carbonyl (C=O) groups is 1. The second-order valence-corrected chi connectivity index (χ2v) is 11.7. The first kappa shape index (κ1) is 23.0. The fourth-order valence-electron chi connectivity index (χ4n) is 6.67. The van der Waals surface area contributed by atoms with E-state index in [9.17, 15) is 9.59 Å². The Morgan fingerprint density at radius 1 is 1.03 bits per heavy atom. The summed E-state index contributed by atoms with van der Waals surface area (Å²) in [5.41, 5.74) is 3.59. The van der Waals surface area contributed by atoms with Gasteiger partial charge in [0.05, 0.1) is 16.6 Å². The van der Waals surface area contributed by atoms with E-state index in [2.05, 4.69) is 55.0 Å². The van der Waals surface area contributed by atoms with E-state index >= 15 is 0 Å². The number of piperidine rings is 1. The van der Waals surface area contributed by atoms with Gasteiger partial charge in [0.1, 0.15) is 6.54 Å². The molecule has 0 aliphatic carbocycles. The standard InChI is InChI=1S/C29H33N5O2/c1-28(2)15-18(16-29(3,4)32-28)30-24(35)17-34-23-12-8-6-9-19(23)20-13-14-33-26(25(20)34)31-22-11-7-5-10-21(22)27(33)36/h5-12,18,32H,13-17H2,1-4H3,(H,30,35). The van der Waals surface area contributed by atoms with Gasteiger partial charge in [-0.3, -0.25) is 14.2 Å². The summed E-state index contributed by atoms with van der Waals surface area (Å²) in [5.74, 6) is 0.630. The van der Waals surface area contributed by atoms with Gasteiger partial charge in [-0.05, 0) is 70.7 Å². The summed E-state index contributed by atoms with van der Waals surface area (Å²) in [6.45, 7) is 9.52. The minimum absolute atomic E-state index is 0.0164. The lowest BCUT2D eigenvalue weighted by atomic mass is 9.79. The molecule has 2 N–H and O–H groups in total. The largest absolute Gasteiger partial charge is 0.352 e. The molecule has 1 amide bonds. The van der Waals surface area contributed by atoms with E-state index in [1.807, 2.05) is 36.4 Å². The van der Waals surface area contributed by atoms with Crippen LogP contribution in [0.15, 0.2) is 53.3 Å². The van der Waals surface area contributed by atoms with Gasteiger partial charge in [0.15, 0.2) is 5.82 Å². The van der Waals surface area contributed by atoms with Gasteiger partial charge in [0.25, 0.3) is 5.56 Å². The molecule has 2 aliphatic rings. The summed E-state index contributed by atoms with van der Waals surface area (Å²) in [6, 6.07) is 15.8. The van der Waals surface area contributed by atoms with Gasteiger partial charge >= 0.3 is 0 Å². The van der Waals surface area contributed by atoms with Gasteiger partial charge in [-0.2, -0.15) is 0 Å². The summed E-state index contributed by atoms with van der Waals surface area (Å²) in [4.78, 5) is 31.8. The van der Waals surface area contributed by atoms with Crippen molar-refractivity contribution in [3.8, 4) is 11.5 Å². The van der Waals surface area contributed by atoms with E-state index in [0.717, 1.165) is 41.4 Å². The summed E-state index contributed by atoms with van der Waals surface area (Å²) in [6.07, 6.45) is 2.48. The van der Waals surface area contributed by atoms with Crippen molar-refractivity contribution in [2.75, 3.05) is 0 Å². The molecule has 4 heterocycles. The third-order valence-corrected chi connectivity index (χ3v) is 7.59. The van der Waals surface area contributed by atoms with Crippen LogP contribution in [0.5, 0.6) is 0 Å². The first-order valence-electron chi connectivity index (χ1n) is 12.8. The second kappa shape index (κ2) is 8.03. The molecule has 0 spiro atoms. The van der Waals surface area contributed by atoms with E-state index in [0.29, 0.717) is 23.3 Å². The molecule has 0 radical (unpaired) electrons. The van der Waals surface area contributed by atoms with Crippen LogP contribution in [0.4, 0.5) is 0 Å². The number of rotatable bonds is 3. The topological polar surface area (TPSA) is 81.0 Å². The van der Waals surface area contributed by atoms with E-state index in [-0.39, 0.29) is 35.1 Å². The van der Waals surface area contributed by atoms with Crippen LogP contribution < -0.4 is 16.2 Å². The first-order chi connectivity index (χ1) is 17.1. The summed E-state index contributed by atoms with van der Waals surface area (Å²) >= 11 is 0. The monoisotopic (exact) mass is 483 g/mol. The van der Waals surface area contributed by atoms with Gasteiger partial charge < -0.3 is 15.2 Å². The molecular formula is C29H33N5O2. The molecule has 7 nitrogen and oxygen atoms in total. The maximum absolute atomic E-state index is 13.5. The van der Waals surface area contributed by atoms with Crippen molar-refractivity contribution in [2.45, 2.75) is 77.2 Å². The third kappa shape index (κ3) is 3.82. The van der Waals surface area contributed by atoms with Crippen molar-refractivity contribution in [1.29, 1.82) is 0 Å². The molecule has 2 aromatic heterocycles. The van der Waals surface area contributed by atoms with Crippen molar-refractivity contribution in [3.05, 3.63) is 64.4 Å². The van der Waals surface area contributed by atoms with Crippen LogP contribution in [0.1, 0.15) is 46.1 Å². The zero-order chi connectivity index (χ0) is 25.2. The van der Waals surface area contributed by atoms with Crippen molar-refractivity contribution >= 4 is 27.7 Å². The number of benzene rings is 2. The zero-order valence-corrected chi connectivity index (χ0v) is 21.4. The highest BCUT2D eigenvalue weighted by atomic mass is 16.2. The lowest BCUT2D eigenvalue weighted by Crippen LogP contribution is -2.62. The van der Waals surface area contributed by atoms with Crippen LogP contribution in [0.2, 0.25) is 0 Å². The van der Waals surface area contributed by atoms with Crippen LogP contribution in [-0.2, 0) is 24.3 Å². The number of fused-ring (bicyclic) bond motifs is 6. The van der Waals surface area contributed by atoms with Crippen molar-refractivity contribution in [2.24, 2.45) is 0 Å². The van der Waals surface area contributed by atoms with E-state index < -0.39 is 0 Å². The molecule has 2 aromatic carbocycles. The summed E-state index contributed by atoms with van der Waals surface area (Å²) < 4.78 is 3.83. The molecular weight excluding hydrogens is 450 g/mol. The van der Waals surface area contributed by atoms with E-state index in [1.165, 1.54) is 0 Å². The molecule has 0 saturated carbocycles. The normalized spacial score (nSPS) is 18.7. The highest BCUT2D eigenvalue weighted by molar-refractivity contribution is 5.93. The molecule has 186 valence electrons. The molecule has 36 heavy (non-hydrogen) atoms. The summed E-state index contributed by atoms with van der Waals surface area (Å²) in [5, 5.41) is 8.75. The zero-order valence-electron chi connectivity index (χ0n) is 21.4. The smallest absolute Gasteiger partial charge is 0.261 e. The van der Waals surface area contributed by atoms with Crippen LogP contribution in [-0.4, -0.2) is 37.1 Å². The third-order valence-electron chi connectivity index (χ3n) is 7.59. The second-order valence-electron chi connectivity index (χ2n) is 11.7. The fraction of sp³-hybridized carbons (Fsp3) is 0.414. The Morgan fingerprint density at radius 3 is 2.44 bits per heavy atom. The number of aryl methyl sites for hydroxylation is 1. The number of nitrogens with one attached hydrogen (secondary N) is 2. The number of hydrogen-bond acceptors (Lipinski definition) is 4. The Balaban J connectivity index is 1.43. The predicted molar refractivity (Wildman–Crippen MR) is 143 cm³/mol. The molecule has 4 aromatic rings. The Morgan fingerprint density at radius 2 is 1.69 bits per heavy atom. The van der Waals surface area contributed by atoms with Crippen molar-refractivity contribution in [1.82, 2.24) is 24.8 Å². The minimum Gasteiger partial charge on any atom is -0.352 e. The lowest BCUT2D eigenvalue weighted by molar-refractivity contribution is -0.122. The molecule has 6 rings (SSSR count). The molecule has 2 aliphatic heterocycles. The lowest BCUT2D eigenvalue weighted by Gasteiger charge is -2.46. The SMILES string of the molecule is CC1(C)CC(NC(=O)Cn2c3c(c4ccccc42)CCn2c-3nc3ccccc3c2=O)CC(C)(C)N1. The van der Waals surface area contributed by atoms with Gasteiger partial charge in [-0.15, -0.1) is 0 Å². The molecule has 0 unspecified atom stereocenters. The number of para-hydroxylation sites is 2. The fourth-order valence-corrected chi connectivity index (χ4v) is 6.67. The van der Waals surface area contributed by atoms with Crippen LogP contribution in [0, 0.1) is 0 Å². The van der Waals surface area contributed by atoms with Gasteiger partial charge in [0.2, 0.25) is 5.91 Å². The number of carbonyl (C=O) groups excluding carboxylic acids is 1. The molecule has 1 saturated heterocycles. The Kier molecular flexibility index (Phi) is 5.13. The Hall–Kier alpha value is -3.45. The maximum atomic E-state index is 13.5. The number of hydrogen-bond donors (Lipinski definition) is 2. The average Bonchev–Trinajstić information content (AvgIpc) is 3.11. The minimum atomic E-state index is -0.0515. The molecule has 0 bridgehead atoms. The highest BCUT2D eigenvalue weighted by Crippen LogP contribution is 2.36. The van der Waals surface area contributed by atoms with Crippen LogP contribution in [0.3, 0.4) is 0 Å². The predicted octanol–water partition coefficient (Wildman–Crippen LogP) is 4.00. The molecule has 0 atom stereocenters. The number of aromatic nitrogens is 3. The number of amides is 1. The van der Waals surface area contributed by atoms with Gasteiger partial charge in [-0.25, -0.2) is 4.98 Å². The van der Waals surface area contributed by atoms with E-state index in [1.54, 1.807) is 4.57 Å². The Labute approximate surface area is 210 Å². The molecule has 1 fully saturated rings. The Bertz CT molecular complexity index is 1560. The highest BCUT2D eigenvalue weighted by Gasteiger charge is 2.38. The first-order valence-corrected chi connectivity index (χ1v) is 12.8. The van der Waals surface area contributed by atoms with Crippen molar-refractivity contribution < 1.29 is 4.79 Å².